The molecule has 1 aliphatic rings. The van der Waals surface area contributed by atoms with Crippen molar-refractivity contribution < 1.29 is 27.9 Å². The Morgan fingerprint density at radius 2 is 1.95 bits per heavy atom. The number of halogens is 3. The number of carbonyl (C=O) groups excluding carboxylic acids is 1. The number of aromatic carboxylic acids is 1. The number of benzene rings is 1. The summed E-state index contributed by atoms with van der Waals surface area (Å²) in [5.41, 5.74) is 0.586. The van der Waals surface area contributed by atoms with Crippen LogP contribution in [0.2, 0.25) is 0 Å². The van der Waals surface area contributed by atoms with Gasteiger partial charge in [-0.15, -0.1) is 0 Å². The summed E-state index contributed by atoms with van der Waals surface area (Å²) in [6, 6.07) is 3.76. The molecule has 0 unspecified atom stereocenters. The molecule has 0 saturated carbocycles. The van der Waals surface area contributed by atoms with E-state index in [1.165, 1.54) is 18.2 Å². The molecule has 1 N–H and O–H groups in total. The molecule has 1 aromatic carbocycles. The van der Waals surface area contributed by atoms with E-state index in [9.17, 15) is 22.8 Å². The Balaban J connectivity index is 2.40. The van der Waals surface area contributed by atoms with Crippen LogP contribution in [0.25, 0.3) is 0 Å². The highest BCUT2D eigenvalue weighted by Crippen LogP contribution is 2.31. The molecule has 0 saturated heterocycles. The Hall–Kier alpha value is -2.05. The molecule has 0 aliphatic carbocycles. The van der Waals surface area contributed by atoms with E-state index in [0.717, 1.165) is 0 Å². The van der Waals surface area contributed by atoms with Crippen LogP contribution in [0.3, 0.4) is 0 Å². The highest BCUT2D eigenvalue weighted by atomic mass is 19.4. The van der Waals surface area contributed by atoms with E-state index >= 15 is 0 Å². The van der Waals surface area contributed by atoms with Crippen molar-refractivity contribution in [2.45, 2.75) is 19.0 Å². The number of aryl methyl sites for hydroxylation is 1. The lowest BCUT2D eigenvalue weighted by molar-refractivity contribution is -0.170. The van der Waals surface area contributed by atoms with Crippen LogP contribution in [0.4, 0.5) is 18.9 Å². The van der Waals surface area contributed by atoms with Crippen molar-refractivity contribution in [1.82, 2.24) is 0 Å². The number of hydrogen-bond acceptors (Lipinski definition) is 2. The lowest BCUT2D eigenvalue weighted by Gasteiger charge is -2.30. The molecular weight excluding hydrogens is 263 g/mol. The van der Waals surface area contributed by atoms with Gasteiger partial charge in [-0.1, -0.05) is 0 Å². The number of carbonyl (C=O) groups is 2. The van der Waals surface area contributed by atoms with Crippen LogP contribution in [-0.2, 0) is 11.2 Å². The molecule has 1 aliphatic heterocycles. The Bertz CT molecular complexity index is 540. The highest BCUT2D eigenvalue weighted by molar-refractivity contribution is 5.99. The largest absolute Gasteiger partial charge is 0.478 e. The van der Waals surface area contributed by atoms with E-state index in [0.29, 0.717) is 23.3 Å². The van der Waals surface area contributed by atoms with E-state index in [2.05, 4.69) is 0 Å². The van der Waals surface area contributed by atoms with E-state index in [1.54, 1.807) is 0 Å². The summed E-state index contributed by atoms with van der Waals surface area (Å²) in [5.74, 6) is -3.07. The first-order valence-electron chi connectivity index (χ1n) is 5.55. The van der Waals surface area contributed by atoms with Gasteiger partial charge in [0, 0.05) is 12.2 Å². The van der Waals surface area contributed by atoms with Gasteiger partial charge in [-0.25, -0.2) is 4.79 Å². The average Bonchev–Trinajstić information content (AvgIpc) is 2.35. The third kappa shape index (κ3) is 2.54. The summed E-state index contributed by atoms with van der Waals surface area (Å²) >= 11 is 0. The molecule has 0 atom stereocenters. The first-order chi connectivity index (χ1) is 8.80. The van der Waals surface area contributed by atoms with Crippen LogP contribution in [0.5, 0.6) is 0 Å². The number of carboxylic acids is 1. The molecule has 0 spiro atoms. The first-order valence-corrected chi connectivity index (χ1v) is 5.55. The fourth-order valence-corrected chi connectivity index (χ4v) is 2.09. The number of hydrogen-bond donors (Lipinski definition) is 1. The summed E-state index contributed by atoms with van der Waals surface area (Å²) < 4.78 is 37.3. The van der Waals surface area contributed by atoms with Gasteiger partial charge < -0.3 is 10.0 Å². The molecule has 19 heavy (non-hydrogen) atoms. The molecule has 2 rings (SSSR count). The SMILES string of the molecule is O=C(O)c1ccc2c(c1)CCCN2C(=O)C(F)(F)F. The smallest absolute Gasteiger partial charge is 0.471 e. The van der Waals surface area contributed by atoms with Gasteiger partial charge >= 0.3 is 18.1 Å². The lowest BCUT2D eigenvalue weighted by atomic mass is 9.99. The second kappa shape index (κ2) is 4.56. The highest BCUT2D eigenvalue weighted by Gasteiger charge is 2.44. The summed E-state index contributed by atoms with van der Waals surface area (Å²) in [4.78, 5) is 22.7. The number of anilines is 1. The monoisotopic (exact) mass is 273 g/mol. The average molecular weight is 273 g/mol. The molecule has 1 amide bonds. The second-order valence-corrected chi connectivity index (χ2v) is 4.21. The molecule has 4 nitrogen and oxygen atoms in total. The normalized spacial score (nSPS) is 15.0. The van der Waals surface area contributed by atoms with E-state index in [1.807, 2.05) is 0 Å². The molecule has 102 valence electrons. The standard InChI is InChI=1S/C12H10F3NO3/c13-12(14,15)11(19)16-5-1-2-7-6-8(10(17)18)3-4-9(7)16/h3-4,6H,1-2,5H2,(H,17,18). The van der Waals surface area contributed by atoms with Crippen LogP contribution in [0.15, 0.2) is 18.2 Å². The maximum atomic E-state index is 12.4. The van der Waals surface area contributed by atoms with Gasteiger partial charge in [0.2, 0.25) is 0 Å². The molecule has 1 aromatic rings. The number of amides is 1. The van der Waals surface area contributed by atoms with Gasteiger partial charge in [-0.2, -0.15) is 13.2 Å². The van der Waals surface area contributed by atoms with Crippen LogP contribution < -0.4 is 4.90 Å². The topological polar surface area (TPSA) is 57.6 Å². The first kappa shape index (κ1) is 13.4. The third-order valence-electron chi connectivity index (χ3n) is 2.93. The lowest BCUT2D eigenvalue weighted by Crippen LogP contribution is -2.43. The van der Waals surface area contributed by atoms with E-state index < -0.39 is 18.1 Å². The maximum absolute atomic E-state index is 12.4. The Morgan fingerprint density at radius 3 is 2.53 bits per heavy atom. The zero-order valence-electron chi connectivity index (χ0n) is 9.70. The Kier molecular flexibility index (Phi) is 3.21. The zero-order chi connectivity index (χ0) is 14.2. The van der Waals surface area contributed by atoms with Crippen LogP contribution in [0.1, 0.15) is 22.3 Å². The summed E-state index contributed by atoms with van der Waals surface area (Å²) in [6.07, 6.45) is -4.10. The van der Waals surface area contributed by atoms with Crippen LogP contribution >= 0.6 is 0 Å². The van der Waals surface area contributed by atoms with Crippen molar-refractivity contribution >= 4 is 17.6 Å². The second-order valence-electron chi connectivity index (χ2n) is 4.21. The van der Waals surface area contributed by atoms with Crippen molar-refractivity contribution in [3.63, 3.8) is 0 Å². The van der Waals surface area contributed by atoms with Gasteiger partial charge in [0.15, 0.2) is 0 Å². The quantitative estimate of drug-likeness (QED) is 0.853. The van der Waals surface area contributed by atoms with Gasteiger partial charge in [-0.05, 0) is 36.6 Å². The molecular formula is C12H10F3NO3. The minimum atomic E-state index is -4.93. The summed E-state index contributed by atoms with van der Waals surface area (Å²) in [7, 11) is 0. The number of alkyl halides is 3. The molecule has 0 radical (unpaired) electrons. The predicted molar refractivity (Wildman–Crippen MR) is 60.1 cm³/mol. The fraction of sp³-hybridized carbons (Fsp3) is 0.333. The van der Waals surface area contributed by atoms with Gasteiger partial charge in [0.05, 0.1) is 5.56 Å². The van der Waals surface area contributed by atoms with Crippen LogP contribution in [0, 0.1) is 0 Å². The third-order valence-corrected chi connectivity index (χ3v) is 2.93. The minimum absolute atomic E-state index is 0.0000534. The molecule has 0 bridgehead atoms. The molecule has 0 aromatic heterocycles. The van der Waals surface area contributed by atoms with Crippen molar-refractivity contribution in [1.29, 1.82) is 0 Å². The maximum Gasteiger partial charge on any atom is 0.471 e. The van der Waals surface area contributed by atoms with E-state index in [4.69, 9.17) is 5.11 Å². The zero-order valence-corrected chi connectivity index (χ0v) is 9.70. The number of carboxylic acid groups (broad SMARTS) is 1. The summed E-state index contributed by atoms with van der Waals surface area (Å²) in [6.45, 7) is -0.0161. The predicted octanol–water partition coefficient (Wildman–Crippen LogP) is 2.23. The number of rotatable bonds is 1. The van der Waals surface area contributed by atoms with Crippen molar-refractivity contribution in [3.8, 4) is 0 Å². The van der Waals surface area contributed by atoms with Gasteiger partial charge in [0.1, 0.15) is 0 Å². The van der Waals surface area contributed by atoms with Gasteiger partial charge in [-0.3, -0.25) is 4.79 Å². The van der Waals surface area contributed by atoms with Crippen LogP contribution in [-0.4, -0.2) is 29.7 Å². The minimum Gasteiger partial charge on any atom is -0.478 e. The Labute approximate surface area is 106 Å². The Morgan fingerprint density at radius 1 is 1.26 bits per heavy atom. The van der Waals surface area contributed by atoms with Gasteiger partial charge in [0.25, 0.3) is 0 Å². The molecule has 0 fully saturated rings. The molecule has 7 heteroatoms. The molecule has 1 heterocycles. The van der Waals surface area contributed by atoms with Crippen molar-refractivity contribution in [2.75, 3.05) is 11.4 Å². The number of fused-ring (bicyclic) bond motifs is 1. The summed E-state index contributed by atoms with van der Waals surface area (Å²) in [5, 5.41) is 8.83. The van der Waals surface area contributed by atoms with Crippen molar-refractivity contribution in [2.24, 2.45) is 0 Å². The number of nitrogens with zero attached hydrogens (tertiary/aromatic N) is 1. The van der Waals surface area contributed by atoms with E-state index in [-0.39, 0.29) is 17.8 Å². The fourth-order valence-electron chi connectivity index (χ4n) is 2.09. The van der Waals surface area contributed by atoms with Crippen molar-refractivity contribution in [3.05, 3.63) is 29.3 Å².